The molecule has 1 atom stereocenters. The largest absolute Gasteiger partial charge is 0.494 e. The highest BCUT2D eigenvalue weighted by atomic mass is 19.1. The smallest absolute Gasteiger partial charge is 0.228 e. The first-order valence-electron chi connectivity index (χ1n) is 5.96. The number of benzene rings is 1. The second-order valence-electron chi connectivity index (χ2n) is 4.06. The third-order valence-electron chi connectivity index (χ3n) is 2.71. The van der Waals surface area contributed by atoms with Gasteiger partial charge >= 0.3 is 0 Å². The van der Waals surface area contributed by atoms with Crippen molar-refractivity contribution in [1.29, 1.82) is 0 Å². The fourth-order valence-corrected chi connectivity index (χ4v) is 1.69. The lowest BCUT2D eigenvalue weighted by atomic mass is 10.0. The van der Waals surface area contributed by atoms with E-state index < -0.39 is 5.82 Å². The highest BCUT2D eigenvalue weighted by Gasteiger charge is 2.16. The molecule has 0 spiro atoms. The number of ether oxygens (including phenoxy) is 1. The molecule has 1 aromatic carbocycles. The van der Waals surface area contributed by atoms with Gasteiger partial charge in [0.05, 0.1) is 13.0 Å². The lowest BCUT2D eigenvalue weighted by Crippen LogP contribution is -2.29. The number of nitrogens with two attached hydrogens (primary N) is 1. The quantitative estimate of drug-likeness (QED) is 0.817. The minimum atomic E-state index is -0.505. The number of methoxy groups -OCH3 is 1. The van der Waals surface area contributed by atoms with Crippen LogP contribution in [0.25, 0.3) is 0 Å². The van der Waals surface area contributed by atoms with Crippen molar-refractivity contribution in [3.63, 3.8) is 0 Å². The average Bonchev–Trinajstić information content (AvgIpc) is 2.36. The molecule has 1 unspecified atom stereocenters. The van der Waals surface area contributed by atoms with Gasteiger partial charge in [-0.15, -0.1) is 0 Å². The van der Waals surface area contributed by atoms with Crippen LogP contribution in [0, 0.1) is 11.7 Å². The Morgan fingerprint density at radius 3 is 2.78 bits per heavy atom. The van der Waals surface area contributed by atoms with Gasteiger partial charge in [-0.25, -0.2) is 4.39 Å². The zero-order chi connectivity index (χ0) is 13.5. The Bertz CT molecular complexity index is 410. The number of hydrogen-bond donors (Lipinski definition) is 2. The van der Waals surface area contributed by atoms with Crippen molar-refractivity contribution in [1.82, 2.24) is 0 Å². The van der Waals surface area contributed by atoms with Gasteiger partial charge in [-0.3, -0.25) is 4.79 Å². The van der Waals surface area contributed by atoms with Crippen LogP contribution in [0.15, 0.2) is 18.2 Å². The van der Waals surface area contributed by atoms with Gasteiger partial charge in [0.1, 0.15) is 0 Å². The van der Waals surface area contributed by atoms with E-state index in [1.54, 1.807) is 6.07 Å². The third-order valence-corrected chi connectivity index (χ3v) is 2.71. The molecule has 1 aromatic rings. The van der Waals surface area contributed by atoms with E-state index in [4.69, 9.17) is 10.5 Å². The van der Waals surface area contributed by atoms with E-state index in [0.717, 1.165) is 12.8 Å². The molecule has 5 heteroatoms. The lowest BCUT2D eigenvalue weighted by Gasteiger charge is -2.14. The standard InChI is InChI=1S/C13H19FN2O2/c1-3-4-9(8-15)13(17)16-10-5-6-12(18-2)11(14)7-10/h5-7,9H,3-4,8,15H2,1-2H3,(H,16,17). The Hall–Kier alpha value is -1.62. The second kappa shape index (κ2) is 6.96. The monoisotopic (exact) mass is 254 g/mol. The third kappa shape index (κ3) is 3.70. The van der Waals surface area contributed by atoms with Crippen molar-refractivity contribution < 1.29 is 13.9 Å². The van der Waals surface area contributed by atoms with E-state index in [1.165, 1.54) is 19.2 Å². The summed E-state index contributed by atoms with van der Waals surface area (Å²) < 4.78 is 18.2. The van der Waals surface area contributed by atoms with E-state index >= 15 is 0 Å². The molecule has 3 N–H and O–H groups in total. The van der Waals surface area contributed by atoms with Crippen LogP contribution in [0.3, 0.4) is 0 Å². The summed E-state index contributed by atoms with van der Waals surface area (Å²) in [6.07, 6.45) is 1.60. The van der Waals surface area contributed by atoms with Crippen molar-refractivity contribution in [2.75, 3.05) is 19.0 Å². The molecule has 0 aliphatic rings. The molecule has 18 heavy (non-hydrogen) atoms. The predicted molar refractivity (Wildman–Crippen MR) is 69.0 cm³/mol. The van der Waals surface area contributed by atoms with Crippen LogP contribution in [-0.2, 0) is 4.79 Å². The summed E-state index contributed by atoms with van der Waals surface area (Å²) in [5.74, 6) is -0.767. The zero-order valence-corrected chi connectivity index (χ0v) is 10.7. The molecule has 0 fully saturated rings. The first-order chi connectivity index (χ1) is 8.62. The molecule has 100 valence electrons. The number of halogens is 1. The molecule has 1 amide bonds. The van der Waals surface area contributed by atoms with Crippen molar-refractivity contribution in [3.05, 3.63) is 24.0 Å². The van der Waals surface area contributed by atoms with Crippen LogP contribution < -0.4 is 15.8 Å². The summed E-state index contributed by atoms with van der Waals surface area (Å²) in [7, 11) is 1.39. The van der Waals surface area contributed by atoms with E-state index in [-0.39, 0.29) is 24.1 Å². The van der Waals surface area contributed by atoms with E-state index in [0.29, 0.717) is 5.69 Å². The minimum absolute atomic E-state index is 0.150. The van der Waals surface area contributed by atoms with Crippen molar-refractivity contribution in [2.24, 2.45) is 11.7 Å². The second-order valence-corrected chi connectivity index (χ2v) is 4.06. The van der Waals surface area contributed by atoms with Crippen LogP contribution >= 0.6 is 0 Å². The van der Waals surface area contributed by atoms with E-state index in [1.807, 2.05) is 6.92 Å². The van der Waals surface area contributed by atoms with Crippen LogP contribution in [-0.4, -0.2) is 19.6 Å². The lowest BCUT2D eigenvalue weighted by molar-refractivity contribution is -0.119. The van der Waals surface area contributed by atoms with Gasteiger partial charge in [0.25, 0.3) is 0 Å². The van der Waals surface area contributed by atoms with E-state index in [2.05, 4.69) is 5.32 Å². The summed E-state index contributed by atoms with van der Waals surface area (Å²) in [6, 6.07) is 4.30. The first-order valence-corrected chi connectivity index (χ1v) is 5.96. The van der Waals surface area contributed by atoms with Crippen molar-refractivity contribution >= 4 is 11.6 Å². The van der Waals surface area contributed by atoms with Gasteiger partial charge in [0.15, 0.2) is 11.6 Å². The molecule has 0 saturated carbocycles. The average molecular weight is 254 g/mol. The Balaban J connectivity index is 2.72. The molecule has 0 bridgehead atoms. The molecule has 0 heterocycles. The molecule has 4 nitrogen and oxygen atoms in total. The van der Waals surface area contributed by atoms with Crippen LogP contribution in [0.2, 0.25) is 0 Å². The van der Waals surface area contributed by atoms with Crippen LogP contribution in [0.4, 0.5) is 10.1 Å². The maximum atomic E-state index is 13.4. The predicted octanol–water partition coefficient (Wildman–Crippen LogP) is 2.15. The zero-order valence-electron chi connectivity index (χ0n) is 10.7. The molecule has 0 saturated heterocycles. The highest BCUT2D eigenvalue weighted by molar-refractivity contribution is 5.92. The summed E-state index contributed by atoms with van der Waals surface area (Å²) in [5, 5.41) is 2.66. The van der Waals surface area contributed by atoms with Gasteiger partial charge in [-0.1, -0.05) is 13.3 Å². The number of nitrogens with one attached hydrogen (secondary N) is 1. The molecule has 1 rings (SSSR count). The van der Waals surface area contributed by atoms with Gasteiger partial charge in [0, 0.05) is 18.3 Å². The van der Waals surface area contributed by atoms with Gasteiger partial charge in [0.2, 0.25) is 5.91 Å². The topological polar surface area (TPSA) is 64.4 Å². The van der Waals surface area contributed by atoms with Gasteiger partial charge in [-0.2, -0.15) is 0 Å². The molecular formula is C13H19FN2O2. The summed E-state index contributed by atoms with van der Waals surface area (Å²) in [4.78, 5) is 11.9. The SMILES string of the molecule is CCCC(CN)C(=O)Nc1ccc(OC)c(F)c1. The Labute approximate surface area is 106 Å². The highest BCUT2D eigenvalue weighted by Crippen LogP contribution is 2.21. The Morgan fingerprint density at radius 2 is 2.28 bits per heavy atom. The maximum Gasteiger partial charge on any atom is 0.228 e. The Kier molecular flexibility index (Phi) is 5.58. The Morgan fingerprint density at radius 1 is 1.56 bits per heavy atom. The molecule has 0 aliphatic heterocycles. The first kappa shape index (κ1) is 14.4. The fourth-order valence-electron chi connectivity index (χ4n) is 1.69. The van der Waals surface area contributed by atoms with Crippen LogP contribution in [0.5, 0.6) is 5.75 Å². The number of carbonyl (C=O) groups excluding carboxylic acids is 1. The number of rotatable bonds is 6. The molecule has 0 aliphatic carbocycles. The maximum absolute atomic E-state index is 13.4. The number of amides is 1. The van der Waals surface area contributed by atoms with Crippen LogP contribution in [0.1, 0.15) is 19.8 Å². The molecule has 0 radical (unpaired) electrons. The number of anilines is 1. The summed E-state index contributed by atoms with van der Waals surface area (Å²) in [6.45, 7) is 2.28. The fraction of sp³-hybridized carbons (Fsp3) is 0.462. The van der Waals surface area contributed by atoms with Gasteiger partial charge < -0.3 is 15.8 Å². The van der Waals surface area contributed by atoms with E-state index in [9.17, 15) is 9.18 Å². The minimum Gasteiger partial charge on any atom is -0.494 e. The molecular weight excluding hydrogens is 235 g/mol. The summed E-state index contributed by atoms with van der Waals surface area (Å²) in [5.41, 5.74) is 5.94. The van der Waals surface area contributed by atoms with Crippen molar-refractivity contribution in [3.8, 4) is 5.75 Å². The van der Waals surface area contributed by atoms with Crippen molar-refractivity contribution in [2.45, 2.75) is 19.8 Å². The number of hydrogen-bond acceptors (Lipinski definition) is 3. The summed E-state index contributed by atoms with van der Waals surface area (Å²) >= 11 is 0. The number of carbonyl (C=O) groups is 1. The molecule has 0 aromatic heterocycles. The normalized spacial score (nSPS) is 12.0. The van der Waals surface area contributed by atoms with Gasteiger partial charge in [-0.05, 0) is 18.6 Å².